The van der Waals surface area contributed by atoms with Gasteiger partial charge in [0.25, 0.3) is 0 Å². The van der Waals surface area contributed by atoms with Crippen LogP contribution in [0.3, 0.4) is 0 Å². The van der Waals surface area contributed by atoms with Crippen molar-refractivity contribution in [3.05, 3.63) is 12.2 Å². The summed E-state index contributed by atoms with van der Waals surface area (Å²) in [6, 6.07) is 0. The highest BCUT2D eigenvalue weighted by atomic mass is 16.5. The molecule has 1 aromatic rings. The minimum absolute atomic E-state index is 0.794. The van der Waals surface area contributed by atoms with Crippen LogP contribution in [0.1, 0.15) is 12.7 Å². The normalized spacial score (nSPS) is 16.7. The van der Waals surface area contributed by atoms with Crippen LogP contribution >= 0.6 is 0 Å². The molecule has 0 bridgehead atoms. The lowest BCUT2D eigenvalue weighted by Gasteiger charge is -2.26. The number of guanidine groups is 1. The molecule has 0 radical (unpaired) electrons. The second kappa shape index (κ2) is 9.37. The zero-order valence-electron chi connectivity index (χ0n) is 13.6. The molecule has 0 saturated carbocycles. The molecule has 2 heterocycles. The Labute approximate surface area is 132 Å². The van der Waals surface area contributed by atoms with Gasteiger partial charge in [-0.1, -0.05) is 6.92 Å². The van der Waals surface area contributed by atoms with Gasteiger partial charge in [0.15, 0.2) is 5.96 Å². The maximum Gasteiger partial charge on any atom is 0.191 e. The van der Waals surface area contributed by atoms with E-state index in [1.807, 2.05) is 0 Å². The van der Waals surface area contributed by atoms with E-state index < -0.39 is 0 Å². The van der Waals surface area contributed by atoms with Gasteiger partial charge in [0.2, 0.25) is 0 Å². The molecule has 2 rings (SSSR count). The van der Waals surface area contributed by atoms with E-state index in [1.54, 1.807) is 13.4 Å². The minimum Gasteiger partial charge on any atom is -0.379 e. The standard InChI is InChI=1S/C14H27N7O/c1-3-13-19-18-12-21(13)7-5-17-14(15-2)16-4-6-20-8-10-22-11-9-20/h12H,3-11H2,1-2H3,(H2,15,16,17). The van der Waals surface area contributed by atoms with Crippen molar-refractivity contribution >= 4 is 5.96 Å². The lowest BCUT2D eigenvalue weighted by atomic mass is 10.4. The van der Waals surface area contributed by atoms with E-state index in [1.165, 1.54) is 0 Å². The highest BCUT2D eigenvalue weighted by molar-refractivity contribution is 5.79. The topological polar surface area (TPSA) is 79.6 Å². The van der Waals surface area contributed by atoms with Crippen molar-refractivity contribution < 1.29 is 4.74 Å². The lowest BCUT2D eigenvalue weighted by Crippen LogP contribution is -2.44. The van der Waals surface area contributed by atoms with Gasteiger partial charge in [0, 0.05) is 52.7 Å². The molecule has 0 atom stereocenters. The van der Waals surface area contributed by atoms with Crippen LogP contribution < -0.4 is 10.6 Å². The lowest BCUT2D eigenvalue weighted by molar-refractivity contribution is 0.0389. The summed E-state index contributed by atoms with van der Waals surface area (Å²) in [7, 11) is 1.79. The number of hydrogen-bond acceptors (Lipinski definition) is 5. The fraction of sp³-hybridized carbons (Fsp3) is 0.786. The molecular formula is C14H27N7O. The summed E-state index contributed by atoms with van der Waals surface area (Å²) in [6.07, 6.45) is 2.67. The molecule has 1 fully saturated rings. The first-order valence-electron chi connectivity index (χ1n) is 7.94. The highest BCUT2D eigenvalue weighted by Gasteiger charge is 2.09. The van der Waals surface area contributed by atoms with Crippen LogP contribution in [-0.2, 0) is 17.7 Å². The van der Waals surface area contributed by atoms with E-state index in [4.69, 9.17) is 4.74 Å². The van der Waals surface area contributed by atoms with Gasteiger partial charge in [-0.2, -0.15) is 0 Å². The Morgan fingerprint density at radius 2 is 2.00 bits per heavy atom. The van der Waals surface area contributed by atoms with Crippen molar-refractivity contribution in [1.29, 1.82) is 0 Å². The molecule has 1 aromatic heterocycles. The van der Waals surface area contributed by atoms with Crippen LogP contribution in [0, 0.1) is 0 Å². The zero-order chi connectivity index (χ0) is 15.6. The quantitative estimate of drug-likeness (QED) is 0.514. The molecular weight excluding hydrogens is 282 g/mol. The average Bonchev–Trinajstić information content (AvgIpc) is 3.02. The number of ether oxygens (including phenoxy) is 1. The Morgan fingerprint density at radius 1 is 1.27 bits per heavy atom. The van der Waals surface area contributed by atoms with Gasteiger partial charge < -0.3 is 19.9 Å². The molecule has 8 heteroatoms. The van der Waals surface area contributed by atoms with Crippen LogP contribution in [0.15, 0.2) is 11.3 Å². The molecule has 0 aromatic carbocycles. The molecule has 1 aliphatic rings. The summed E-state index contributed by atoms with van der Waals surface area (Å²) in [4.78, 5) is 6.64. The number of rotatable bonds is 7. The molecule has 1 saturated heterocycles. The van der Waals surface area contributed by atoms with Gasteiger partial charge in [-0.25, -0.2) is 0 Å². The second-order valence-electron chi connectivity index (χ2n) is 5.17. The number of hydrogen-bond donors (Lipinski definition) is 2. The van der Waals surface area contributed by atoms with Crippen molar-refractivity contribution in [2.75, 3.05) is 53.0 Å². The molecule has 0 unspecified atom stereocenters. The first-order chi connectivity index (χ1) is 10.8. The number of aliphatic imine (C=N–C) groups is 1. The van der Waals surface area contributed by atoms with Crippen LogP contribution in [0.5, 0.6) is 0 Å². The Kier molecular flexibility index (Phi) is 7.11. The third kappa shape index (κ3) is 5.27. The molecule has 22 heavy (non-hydrogen) atoms. The second-order valence-corrected chi connectivity index (χ2v) is 5.17. The van der Waals surface area contributed by atoms with Crippen molar-refractivity contribution in [2.45, 2.75) is 19.9 Å². The molecule has 0 aliphatic carbocycles. The number of aryl methyl sites for hydroxylation is 1. The van der Waals surface area contributed by atoms with Crippen molar-refractivity contribution in [2.24, 2.45) is 4.99 Å². The van der Waals surface area contributed by atoms with E-state index in [0.717, 1.165) is 70.7 Å². The van der Waals surface area contributed by atoms with Gasteiger partial charge in [0.05, 0.1) is 13.2 Å². The third-order valence-corrected chi connectivity index (χ3v) is 3.70. The summed E-state index contributed by atoms with van der Waals surface area (Å²) in [5, 5.41) is 14.7. The molecule has 1 aliphatic heterocycles. The van der Waals surface area contributed by atoms with E-state index >= 15 is 0 Å². The molecule has 2 N–H and O–H groups in total. The van der Waals surface area contributed by atoms with Crippen LogP contribution in [-0.4, -0.2) is 78.6 Å². The van der Waals surface area contributed by atoms with Crippen LogP contribution in [0.2, 0.25) is 0 Å². The average molecular weight is 309 g/mol. The van der Waals surface area contributed by atoms with Crippen molar-refractivity contribution in [3.8, 4) is 0 Å². The SMILES string of the molecule is CCc1nncn1CCNC(=NC)NCCN1CCOCC1. The zero-order valence-corrected chi connectivity index (χ0v) is 13.6. The maximum absolute atomic E-state index is 5.34. The Morgan fingerprint density at radius 3 is 2.68 bits per heavy atom. The predicted molar refractivity (Wildman–Crippen MR) is 86.0 cm³/mol. The Balaban J connectivity index is 1.62. The molecule has 8 nitrogen and oxygen atoms in total. The predicted octanol–water partition coefficient (Wildman–Crippen LogP) is -0.662. The summed E-state index contributed by atoms with van der Waals surface area (Å²) < 4.78 is 7.41. The van der Waals surface area contributed by atoms with Gasteiger partial charge in [-0.3, -0.25) is 9.89 Å². The highest BCUT2D eigenvalue weighted by Crippen LogP contribution is 1.95. The Bertz CT molecular complexity index is 454. The van der Waals surface area contributed by atoms with Crippen molar-refractivity contribution in [1.82, 2.24) is 30.3 Å². The number of nitrogens with zero attached hydrogens (tertiary/aromatic N) is 5. The first kappa shape index (κ1) is 16.7. The maximum atomic E-state index is 5.34. The van der Waals surface area contributed by atoms with Gasteiger partial charge in [0.1, 0.15) is 12.2 Å². The first-order valence-corrected chi connectivity index (χ1v) is 7.94. The van der Waals surface area contributed by atoms with Gasteiger partial charge >= 0.3 is 0 Å². The summed E-state index contributed by atoms with van der Waals surface area (Å²) in [5.74, 6) is 1.84. The molecule has 0 amide bonds. The van der Waals surface area contributed by atoms with E-state index in [0.29, 0.717) is 0 Å². The number of morpholine rings is 1. The third-order valence-electron chi connectivity index (χ3n) is 3.70. The van der Waals surface area contributed by atoms with E-state index in [-0.39, 0.29) is 0 Å². The largest absolute Gasteiger partial charge is 0.379 e. The monoisotopic (exact) mass is 309 g/mol. The number of aromatic nitrogens is 3. The Hall–Kier alpha value is -1.67. The fourth-order valence-corrected chi connectivity index (χ4v) is 2.41. The number of nitrogens with one attached hydrogen (secondary N) is 2. The summed E-state index contributed by atoms with van der Waals surface area (Å²) in [6.45, 7) is 9.31. The summed E-state index contributed by atoms with van der Waals surface area (Å²) >= 11 is 0. The van der Waals surface area contributed by atoms with Crippen LogP contribution in [0.25, 0.3) is 0 Å². The minimum atomic E-state index is 0.794. The summed E-state index contributed by atoms with van der Waals surface area (Å²) in [5.41, 5.74) is 0. The van der Waals surface area contributed by atoms with Gasteiger partial charge in [-0.15, -0.1) is 10.2 Å². The molecule has 124 valence electrons. The van der Waals surface area contributed by atoms with E-state index in [9.17, 15) is 0 Å². The van der Waals surface area contributed by atoms with Gasteiger partial charge in [-0.05, 0) is 0 Å². The van der Waals surface area contributed by atoms with Crippen LogP contribution in [0.4, 0.5) is 0 Å². The smallest absolute Gasteiger partial charge is 0.191 e. The van der Waals surface area contributed by atoms with Crippen molar-refractivity contribution in [3.63, 3.8) is 0 Å². The molecule has 0 spiro atoms. The fourth-order valence-electron chi connectivity index (χ4n) is 2.41. The van der Waals surface area contributed by atoms with E-state index in [2.05, 4.69) is 42.2 Å².